The van der Waals surface area contributed by atoms with Crippen LogP contribution in [0, 0.1) is 11.3 Å². The molecule has 2 fully saturated rings. The molecule has 2 N–H and O–H groups in total. The van der Waals surface area contributed by atoms with Gasteiger partial charge in [-0.25, -0.2) is 0 Å². The standard InChI is InChI=1S/C16H31N3O.HI/c1-13(2)10-16(7-5-8-16)12-19-15(17-3)18-11-14-6-4-9-20-14;/h13-14H,4-12H2,1-3H3,(H2,17,18,19);1H. The fraction of sp³-hybridized carbons (Fsp3) is 0.938. The molecule has 1 saturated carbocycles. The lowest BCUT2D eigenvalue weighted by Gasteiger charge is -2.43. The van der Waals surface area contributed by atoms with Crippen LogP contribution < -0.4 is 10.6 Å². The largest absolute Gasteiger partial charge is 0.376 e. The molecule has 124 valence electrons. The lowest BCUT2D eigenvalue weighted by molar-refractivity contribution is 0.103. The van der Waals surface area contributed by atoms with Crippen molar-refractivity contribution in [1.29, 1.82) is 0 Å². The monoisotopic (exact) mass is 409 g/mol. The smallest absolute Gasteiger partial charge is 0.191 e. The molecule has 0 bridgehead atoms. The number of nitrogens with zero attached hydrogens (tertiary/aromatic N) is 1. The van der Waals surface area contributed by atoms with Crippen LogP contribution in [0.3, 0.4) is 0 Å². The van der Waals surface area contributed by atoms with E-state index >= 15 is 0 Å². The van der Waals surface area contributed by atoms with Gasteiger partial charge >= 0.3 is 0 Å². The molecular formula is C16H32IN3O. The van der Waals surface area contributed by atoms with Crippen LogP contribution in [0.1, 0.15) is 52.4 Å². The lowest BCUT2D eigenvalue weighted by Crippen LogP contribution is -2.48. The first-order chi connectivity index (χ1) is 9.63. The topological polar surface area (TPSA) is 45.7 Å². The summed E-state index contributed by atoms with van der Waals surface area (Å²) in [5.74, 6) is 1.70. The average molecular weight is 409 g/mol. The number of aliphatic imine (C=N–C) groups is 1. The van der Waals surface area contributed by atoms with Crippen molar-refractivity contribution in [3.05, 3.63) is 0 Å². The summed E-state index contributed by atoms with van der Waals surface area (Å²) in [4.78, 5) is 4.33. The summed E-state index contributed by atoms with van der Waals surface area (Å²) in [5.41, 5.74) is 0.510. The average Bonchev–Trinajstić information content (AvgIpc) is 2.88. The van der Waals surface area contributed by atoms with E-state index in [9.17, 15) is 0 Å². The zero-order chi connectivity index (χ0) is 14.4. The van der Waals surface area contributed by atoms with Gasteiger partial charge < -0.3 is 15.4 Å². The number of guanidine groups is 1. The van der Waals surface area contributed by atoms with Crippen LogP contribution in [-0.2, 0) is 4.74 Å². The van der Waals surface area contributed by atoms with E-state index in [1.165, 1.54) is 38.5 Å². The predicted molar refractivity (Wildman–Crippen MR) is 99.5 cm³/mol. The third-order valence-electron chi connectivity index (χ3n) is 4.63. The molecule has 21 heavy (non-hydrogen) atoms. The minimum Gasteiger partial charge on any atom is -0.376 e. The van der Waals surface area contributed by atoms with Crippen LogP contribution in [0.4, 0.5) is 0 Å². The van der Waals surface area contributed by atoms with Crippen molar-refractivity contribution in [1.82, 2.24) is 10.6 Å². The summed E-state index contributed by atoms with van der Waals surface area (Å²) >= 11 is 0. The van der Waals surface area contributed by atoms with Gasteiger partial charge in [0.1, 0.15) is 0 Å². The summed E-state index contributed by atoms with van der Waals surface area (Å²) in [6.45, 7) is 7.48. The maximum atomic E-state index is 5.63. The molecule has 2 rings (SSSR count). The number of ether oxygens (including phenoxy) is 1. The Hall–Kier alpha value is -0.0400. The van der Waals surface area contributed by atoms with E-state index in [0.29, 0.717) is 11.5 Å². The maximum absolute atomic E-state index is 5.63. The molecule has 0 spiro atoms. The molecule has 1 aliphatic heterocycles. The Morgan fingerprint density at radius 1 is 1.29 bits per heavy atom. The highest BCUT2D eigenvalue weighted by molar-refractivity contribution is 14.0. The first-order valence-corrected chi connectivity index (χ1v) is 8.20. The molecule has 1 atom stereocenters. The molecule has 0 aromatic carbocycles. The van der Waals surface area contributed by atoms with Crippen LogP contribution >= 0.6 is 24.0 Å². The molecule has 1 unspecified atom stereocenters. The van der Waals surface area contributed by atoms with Crippen LogP contribution in [0.25, 0.3) is 0 Å². The van der Waals surface area contributed by atoms with E-state index in [4.69, 9.17) is 4.74 Å². The number of halogens is 1. The van der Waals surface area contributed by atoms with Gasteiger partial charge in [0.2, 0.25) is 0 Å². The van der Waals surface area contributed by atoms with Gasteiger partial charge in [-0.2, -0.15) is 0 Å². The second-order valence-corrected chi connectivity index (χ2v) is 6.89. The molecule has 1 heterocycles. The third kappa shape index (κ3) is 5.93. The minimum atomic E-state index is 0. The van der Waals surface area contributed by atoms with Gasteiger partial charge in [-0.3, -0.25) is 4.99 Å². The highest BCUT2D eigenvalue weighted by Crippen LogP contribution is 2.45. The molecule has 4 nitrogen and oxygen atoms in total. The lowest BCUT2D eigenvalue weighted by atomic mass is 9.64. The molecule has 1 saturated heterocycles. The fourth-order valence-electron chi connectivity index (χ4n) is 3.50. The molecule has 0 aromatic rings. The quantitative estimate of drug-likeness (QED) is 0.403. The molecule has 0 radical (unpaired) electrons. The van der Waals surface area contributed by atoms with Gasteiger partial charge in [0.25, 0.3) is 0 Å². The van der Waals surface area contributed by atoms with E-state index < -0.39 is 0 Å². The van der Waals surface area contributed by atoms with Gasteiger partial charge in [0.05, 0.1) is 6.10 Å². The van der Waals surface area contributed by atoms with E-state index in [2.05, 4.69) is 29.5 Å². The van der Waals surface area contributed by atoms with Crippen LogP contribution in [0.5, 0.6) is 0 Å². The van der Waals surface area contributed by atoms with Gasteiger partial charge in [-0.15, -0.1) is 24.0 Å². The van der Waals surface area contributed by atoms with Crippen LogP contribution in [0.2, 0.25) is 0 Å². The number of hydrogen-bond acceptors (Lipinski definition) is 2. The molecule has 1 aliphatic carbocycles. The van der Waals surface area contributed by atoms with E-state index in [1.807, 2.05) is 7.05 Å². The Balaban J connectivity index is 0.00000220. The number of rotatable bonds is 6. The summed E-state index contributed by atoms with van der Waals surface area (Å²) in [5, 5.41) is 6.92. The molecule has 2 aliphatic rings. The van der Waals surface area contributed by atoms with Crippen molar-refractivity contribution in [3.63, 3.8) is 0 Å². The Morgan fingerprint density at radius 2 is 2.05 bits per heavy atom. The number of hydrogen-bond donors (Lipinski definition) is 2. The van der Waals surface area contributed by atoms with Crippen LogP contribution in [0.15, 0.2) is 4.99 Å². The Morgan fingerprint density at radius 3 is 2.52 bits per heavy atom. The molecular weight excluding hydrogens is 377 g/mol. The summed E-state index contributed by atoms with van der Waals surface area (Å²) in [7, 11) is 1.85. The van der Waals surface area contributed by atoms with E-state index in [0.717, 1.165) is 31.6 Å². The highest BCUT2D eigenvalue weighted by atomic mass is 127. The first kappa shape index (κ1) is 19.0. The molecule has 5 heteroatoms. The second kappa shape index (κ2) is 9.18. The van der Waals surface area contributed by atoms with Crippen LogP contribution in [-0.4, -0.2) is 38.8 Å². The van der Waals surface area contributed by atoms with E-state index in [-0.39, 0.29) is 24.0 Å². The summed E-state index contributed by atoms with van der Waals surface area (Å²) in [6, 6.07) is 0. The molecule has 0 aromatic heterocycles. The maximum Gasteiger partial charge on any atom is 0.191 e. The second-order valence-electron chi connectivity index (χ2n) is 6.89. The Labute approximate surface area is 146 Å². The fourth-order valence-corrected chi connectivity index (χ4v) is 3.50. The molecule has 0 amide bonds. The Bertz CT molecular complexity index is 323. The highest BCUT2D eigenvalue weighted by Gasteiger charge is 2.37. The zero-order valence-electron chi connectivity index (χ0n) is 13.8. The van der Waals surface area contributed by atoms with Crippen molar-refractivity contribution < 1.29 is 4.74 Å². The SMILES string of the molecule is CN=C(NCC1CCCO1)NCC1(CC(C)C)CCC1.I. The van der Waals surface area contributed by atoms with Crippen molar-refractivity contribution in [2.45, 2.75) is 58.5 Å². The predicted octanol–water partition coefficient (Wildman–Crippen LogP) is 3.16. The Kier molecular flexibility index (Phi) is 8.31. The number of nitrogens with one attached hydrogen (secondary N) is 2. The zero-order valence-corrected chi connectivity index (χ0v) is 16.1. The van der Waals surface area contributed by atoms with Crippen molar-refractivity contribution in [2.75, 3.05) is 26.7 Å². The normalized spacial score (nSPS) is 24.4. The minimum absolute atomic E-state index is 0. The first-order valence-electron chi connectivity index (χ1n) is 8.20. The third-order valence-corrected chi connectivity index (χ3v) is 4.63. The van der Waals surface area contributed by atoms with Gasteiger partial charge in [0.15, 0.2) is 5.96 Å². The van der Waals surface area contributed by atoms with E-state index in [1.54, 1.807) is 0 Å². The summed E-state index contributed by atoms with van der Waals surface area (Å²) in [6.07, 6.45) is 8.15. The van der Waals surface area contributed by atoms with Gasteiger partial charge in [-0.1, -0.05) is 20.3 Å². The van der Waals surface area contributed by atoms with Crippen molar-refractivity contribution in [2.24, 2.45) is 16.3 Å². The van der Waals surface area contributed by atoms with Crippen molar-refractivity contribution >= 4 is 29.9 Å². The summed E-state index contributed by atoms with van der Waals surface area (Å²) < 4.78 is 5.63. The van der Waals surface area contributed by atoms with Gasteiger partial charge in [0, 0.05) is 26.7 Å². The van der Waals surface area contributed by atoms with Crippen molar-refractivity contribution in [3.8, 4) is 0 Å². The van der Waals surface area contributed by atoms with Gasteiger partial charge in [-0.05, 0) is 43.4 Å².